The maximum Gasteiger partial charge on any atom is 0.266 e. The van der Waals surface area contributed by atoms with E-state index in [1.54, 1.807) is 0 Å². The lowest BCUT2D eigenvalue weighted by molar-refractivity contribution is 0.147. The molecule has 0 saturated carbocycles. The van der Waals surface area contributed by atoms with Crippen molar-refractivity contribution in [2.24, 2.45) is 0 Å². The highest BCUT2D eigenvalue weighted by atomic mass is 35.5. The van der Waals surface area contributed by atoms with Crippen molar-refractivity contribution in [3.8, 4) is 0 Å². The van der Waals surface area contributed by atoms with Crippen LogP contribution >= 0.6 is 22.9 Å². The Morgan fingerprint density at radius 1 is 1.29 bits per heavy atom. The lowest BCUT2D eigenvalue weighted by atomic mass is 10.1. The third-order valence-electron chi connectivity index (χ3n) is 1.87. The van der Waals surface area contributed by atoms with Crippen LogP contribution in [0.3, 0.4) is 0 Å². The van der Waals surface area contributed by atoms with Gasteiger partial charge in [-0.1, -0.05) is 11.6 Å². The molecule has 0 aliphatic rings. The van der Waals surface area contributed by atoms with Crippen LogP contribution in [0, 0.1) is 5.82 Å². The van der Waals surface area contributed by atoms with Gasteiger partial charge in [0, 0.05) is 10.1 Å². The molecule has 0 atom stereocenters. The van der Waals surface area contributed by atoms with E-state index in [1.807, 2.05) is 0 Å². The van der Waals surface area contributed by atoms with Crippen LogP contribution in [0.15, 0.2) is 18.2 Å². The molecule has 2 aromatic rings. The maximum atomic E-state index is 13.4. The average Bonchev–Trinajstić information content (AvgIpc) is 2.46. The predicted molar refractivity (Wildman–Crippen MR) is 51.8 cm³/mol. The fourth-order valence-corrected chi connectivity index (χ4v) is 2.37. The van der Waals surface area contributed by atoms with Gasteiger partial charge in [0.2, 0.25) is 0 Å². The zero-order chi connectivity index (χ0) is 10.3. The number of alkyl halides is 2. The van der Waals surface area contributed by atoms with Crippen LogP contribution in [0.25, 0.3) is 10.1 Å². The van der Waals surface area contributed by atoms with Crippen molar-refractivity contribution in [3.63, 3.8) is 0 Å². The average molecular weight is 237 g/mol. The number of halogens is 4. The zero-order valence-electron chi connectivity index (χ0n) is 6.73. The molecule has 0 radical (unpaired) electrons. The first-order valence-corrected chi connectivity index (χ1v) is 4.94. The van der Waals surface area contributed by atoms with Crippen molar-refractivity contribution in [2.45, 2.75) is 6.43 Å². The molecule has 0 spiro atoms. The van der Waals surface area contributed by atoms with E-state index in [9.17, 15) is 13.2 Å². The van der Waals surface area contributed by atoms with E-state index in [1.165, 1.54) is 23.5 Å². The van der Waals surface area contributed by atoms with Crippen molar-refractivity contribution >= 4 is 33.0 Å². The Kier molecular flexibility index (Phi) is 2.41. The van der Waals surface area contributed by atoms with Crippen LogP contribution in [-0.2, 0) is 0 Å². The highest BCUT2D eigenvalue weighted by Gasteiger charge is 2.16. The summed E-state index contributed by atoms with van der Waals surface area (Å²) in [6.07, 6.45) is -2.79. The highest BCUT2D eigenvalue weighted by Crippen LogP contribution is 2.34. The second-order valence-corrected chi connectivity index (χ2v) is 4.45. The third-order valence-corrected chi connectivity index (χ3v) is 3.10. The Morgan fingerprint density at radius 3 is 2.64 bits per heavy atom. The van der Waals surface area contributed by atoms with Crippen molar-refractivity contribution in [2.75, 3.05) is 0 Å². The maximum absolute atomic E-state index is 13.4. The van der Waals surface area contributed by atoms with E-state index in [0.717, 1.165) is 6.07 Å². The quantitative estimate of drug-likeness (QED) is 0.677. The number of fused-ring (bicyclic) bond motifs is 1. The van der Waals surface area contributed by atoms with Gasteiger partial charge in [0.25, 0.3) is 6.43 Å². The van der Waals surface area contributed by atoms with Gasteiger partial charge in [-0.2, -0.15) is 0 Å². The minimum Gasteiger partial charge on any atom is -0.206 e. The molecule has 0 amide bonds. The number of benzene rings is 1. The molecular formula is C9H4ClF3S. The van der Waals surface area contributed by atoms with Crippen LogP contribution < -0.4 is 0 Å². The molecule has 5 heteroatoms. The van der Waals surface area contributed by atoms with Gasteiger partial charge in [-0.25, -0.2) is 13.2 Å². The summed E-state index contributed by atoms with van der Waals surface area (Å²) >= 11 is 6.82. The number of hydrogen-bond donors (Lipinski definition) is 0. The first kappa shape index (κ1) is 9.80. The van der Waals surface area contributed by atoms with Crippen molar-refractivity contribution in [1.82, 2.24) is 0 Å². The van der Waals surface area contributed by atoms with Crippen molar-refractivity contribution in [3.05, 3.63) is 33.9 Å². The first-order valence-electron chi connectivity index (χ1n) is 3.75. The Balaban J connectivity index is 2.74. The van der Waals surface area contributed by atoms with E-state index in [4.69, 9.17) is 11.6 Å². The topological polar surface area (TPSA) is 0 Å². The molecule has 1 aromatic carbocycles. The molecule has 2 rings (SSSR count). The molecule has 1 heterocycles. The lowest BCUT2D eigenvalue weighted by Crippen LogP contribution is -1.89. The summed E-state index contributed by atoms with van der Waals surface area (Å²) in [7, 11) is 0. The molecule has 0 saturated heterocycles. The monoisotopic (exact) mass is 236 g/mol. The normalized spacial score (nSPS) is 11.5. The third kappa shape index (κ3) is 1.48. The molecular weight excluding hydrogens is 233 g/mol. The predicted octanol–water partition coefficient (Wildman–Crippen LogP) is 4.63. The first-order chi connectivity index (χ1) is 6.59. The fraction of sp³-hybridized carbons (Fsp3) is 0.111. The molecule has 74 valence electrons. The van der Waals surface area contributed by atoms with E-state index in [-0.39, 0.29) is 5.39 Å². The van der Waals surface area contributed by atoms with E-state index in [0.29, 0.717) is 9.04 Å². The molecule has 0 N–H and O–H groups in total. The van der Waals surface area contributed by atoms with Crippen molar-refractivity contribution < 1.29 is 13.2 Å². The van der Waals surface area contributed by atoms with E-state index in [2.05, 4.69) is 0 Å². The molecule has 0 aliphatic heterocycles. The van der Waals surface area contributed by atoms with E-state index >= 15 is 0 Å². The molecule has 0 nitrogen and oxygen atoms in total. The Hall–Kier alpha value is -0.740. The van der Waals surface area contributed by atoms with Gasteiger partial charge in [0.1, 0.15) is 5.82 Å². The van der Waals surface area contributed by atoms with Gasteiger partial charge in [0.15, 0.2) is 0 Å². The van der Waals surface area contributed by atoms with Crippen LogP contribution in [0.4, 0.5) is 13.2 Å². The fourth-order valence-electron chi connectivity index (χ4n) is 1.23. The van der Waals surface area contributed by atoms with Gasteiger partial charge in [0.05, 0.1) is 9.90 Å². The van der Waals surface area contributed by atoms with Crippen LogP contribution in [0.5, 0.6) is 0 Å². The Morgan fingerprint density at radius 2 is 2.00 bits per heavy atom. The number of thiophene rings is 1. The minimum atomic E-state index is -2.79. The largest absolute Gasteiger partial charge is 0.266 e. The summed E-state index contributed by atoms with van der Waals surface area (Å²) in [5.74, 6) is -0.874. The summed E-state index contributed by atoms with van der Waals surface area (Å²) in [5, 5.41) is 0.165. The summed E-state index contributed by atoms with van der Waals surface area (Å²) in [6.45, 7) is 0. The second kappa shape index (κ2) is 3.44. The molecule has 0 bridgehead atoms. The summed E-state index contributed by atoms with van der Waals surface area (Å²) in [5.41, 5.74) is -0.577. The van der Waals surface area contributed by atoms with E-state index < -0.39 is 17.8 Å². The van der Waals surface area contributed by atoms with Gasteiger partial charge < -0.3 is 0 Å². The minimum absolute atomic E-state index is 0.165. The standard InChI is InChI=1S/C9H4ClF3S/c10-7-3-5-6(14-7)2-1-4(8(5)11)9(12)13/h1-3,9H. The molecule has 0 aliphatic carbocycles. The number of hydrogen-bond acceptors (Lipinski definition) is 1. The smallest absolute Gasteiger partial charge is 0.206 e. The molecule has 14 heavy (non-hydrogen) atoms. The highest BCUT2D eigenvalue weighted by molar-refractivity contribution is 7.22. The van der Waals surface area contributed by atoms with Gasteiger partial charge >= 0.3 is 0 Å². The molecule has 0 unspecified atom stereocenters. The van der Waals surface area contributed by atoms with Gasteiger partial charge in [-0.05, 0) is 18.2 Å². The van der Waals surface area contributed by atoms with Crippen LogP contribution in [-0.4, -0.2) is 0 Å². The summed E-state index contributed by atoms with van der Waals surface area (Å²) < 4.78 is 39.0. The van der Waals surface area contributed by atoms with Crippen LogP contribution in [0.1, 0.15) is 12.0 Å². The van der Waals surface area contributed by atoms with Crippen LogP contribution in [0.2, 0.25) is 4.34 Å². The second-order valence-electron chi connectivity index (χ2n) is 2.73. The van der Waals surface area contributed by atoms with Gasteiger partial charge in [-0.15, -0.1) is 11.3 Å². The number of rotatable bonds is 1. The SMILES string of the molecule is Fc1c(C(F)F)ccc2sc(Cl)cc12. The Labute approximate surface area is 86.9 Å². The zero-order valence-corrected chi connectivity index (χ0v) is 8.30. The van der Waals surface area contributed by atoms with Gasteiger partial charge in [-0.3, -0.25) is 0 Å². The Bertz CT molecular complexity index is 478. The summed E-state index contributed by atoms with van der Waals surface area (Å²) in [6, 6.07) is 3.91. The van der Waals surface area contributed by atoms with Crippen molar-refractivity contribution in [1.29, 1.82) is 0 Å². The summed E-state index contributed by atoms with van der Waals surface area (Å²) in [4.78, 5) is 0. The molecule has 0 fully saturated rings. The lowest BCUT2D eigenvalue weighted by Gasteiger charge is -2.01. The molecule has 1 aromatic heterocycles.